The quantitative estimate of drug-likeness (QED) is 0.212. The van der Waals surface area contributed by atoms with E-state index in [1.165, 1.54) is 103 Å². The summed E-state index contributed by atoms with van der Waals surface area (Å²) >= 11 is 0. The molecule has 0 saturated heterocycles. The Labute approximate surface area is 533 Å². The molecule has 54 unspecified atom stereocenters. The highest BCUT2D eigenvalue weighted by Gasteiger charge is 2.89. The standard InChI is InChI=1S/C45H48.C40H44.2C2H6/c1-3-16-8-20-9-17-5-6-18-10-21-12-23-13-22-11-19-4-2-15-7-14(1)24-27(16)36-32(20)37-29(17)26(18)35-30(21)31(23)39-33(22)38-28(19)25(15)34(24)40-42(36)44(37)41(35)45(39)43(38)40;1-2-12-14-5-6-16-18-9-10-20-19-8-7-17-15-4-3-13-11(1)21-22(12)32-24(14)26(16)34-29(18)30(20)35-28(19)27(17)33-25(15)23(13)31(21)36-37(32)39(34)40(35)38(33)36;2*1-2/h4,7,9-10,15-18,22-28,30-36,38-45H,1-3,5-6,8,11-13H2;1-4,11-30,32-35,37-40H,5-10H2;2*1-2H3. The van der Waals surface area contributed by atoms with E-state index in [1.807, 2.05) is 27.7 Å². The zero-order chi connectivity index (χ0) is 56.1. The molecule has 33 aliphatic carbocycles. The molecule has 0 nitrogen and oxygen atoms in total. The van der Waals surface area contributed by atoms with Crippen molar-refractivity contribution in [1.29, 1.82) is 0 Å². The van der Waals surface area contributed by atoms with Crippen LogP contribution in [0.25, 0.3) is 0 Å². The van der Waals surface area contributed by atoms with Gasteiger partial charge in [0.05, 0.1) is 0 Å². The van der Waals surface area contributed by atoms with E-state index in [-0.39, 0.29) is 0 Å². The van der Waals surface area contributed by atoms with Gasteiger partial charge in [-0.3, -0.25) is 0 Å². The van der Waals surface area contributed by atoms with Crippen LogP contribution in [-0.4, -0.2) is 0 Å². The lowest BCUT2D eigenvalue weighted by Crippen LogP contribution is -2.68. The summed E-state index contributed by atoms with van der Waals surface area (Å²) in [6.45, 7) is 8.00. The van der Waals surface area contributed by atoms with Gasteiger partial charge in [-0.2, -0.15) is 0 Å². The molecular weight excluding hydrogens is 1070 g/mol. The van der Waals surface area contributed by atoms with Gasteiger partial charge in [0.2, 0.25) is 0 Å². The lowest BCUT2D eigenvalue weighted by atomic mass is 9.32. The fraction of sp³-hybridized carbons (Fsp3) is 0.820. The summed E-state index contributed by atoms with van der Waals surface area (Å²) in [7, 11) is 0. The van der Waals surface area contributed by atoms with Gasteiger partial charge in [-0.1, -0.05) is 121 Å². The van der Waals surface area contributed by atoms with Crippen LogP contribution in [0.3, 0.4) is 0 Å². The molecule has 0 aliphatic heterocycles. The molecule has 0 amide bonds. The first kappa shape index (κ1) is 47.8. The first-order valence-corrected chi connectivity index (χ1v) is 41.9. The molecule has 54 atom stereocenters. The molecule has 0 aromatic heterocycles. The van der Waals surface area contributed by atoms with Crippen LogP contribution >= 0.6 is 0 Å². The lowest BCUT2D eigenvalue weighted by Gasteiger charge is -2.72. The van der Waals surface area contributed by atoms with Crippen molar-refractivity contribution in [2.24, 2.45) is 320 Å². The van der Waals surface area contributed by atoms with E-state index >= 15 is 0 Å². The number of fused-ring (bicyclic) bond motifs is 5. The average Bonchev–Trinajstić information content (AvgIpc) is 1.46. The van der Waals surface area contributed by atoms with Crippen LogP contribution in [0.5, 0.6) is 0 Å². The van der Waals surface area contributed by atoms with Crippen LogP contribution in [-0.2, 0) is 0 Å². The van der Waals surface area contributed by atoms with E-state index in [9.17, 15) is 0 Å². The second kappa shape index (κ2) is 14.5. The van der Waals surface area contributed by atoms with Crippen molar-refractivity contribution in [2.45, 2.75) is 124 Å². The third-order valence-electron chi connectivity index (χ3n) is 43.3. The molecule has 0 heterocycles. The molecule has 0 heteroatoms. The van der Waals surface area contributed by atoms with Crippen LogP contribution in [0.4, 0.5) is 0 Å². The van der Waals surface area contributed by atoms with Crippen molar-refractivity contribution >= 4 is 0 Å². The van der Waals surface area contributed by atoms with Crippen LogP contribution in [0.15, 0.2) is 93.2 Å². The first-order chi connectivity index (χ1) is 44.2. The molecule has 0 radical (unpaired) electrons. The van der Waals surface area contributed by atoms with Crippen LogP contribution in [0.2, 0.25) is 0 Å². The predicted molar refractivity (Wildman–Crippen MR) is 345 cm³/mol. The highest BCUT2D eigenvalue weighted by Crippen LogP contribution is 2.94. The first-order valence-electron chi connectivity index (χ1n) is 41.9. The van der Waals surface area contributed by atoms with Crippen molar-refractivity contribution in [3.05, 3.63) is 93.2 Å². The normalized spacial score (nSPS) is 74.4. The molecule has 33 aliphatic rings. The Bertz CT molecular complexity index is 3660. The van der Waals surface area contributed by atoms with Crippen molar-refractivity contribution in [1.82, 2.24) is 0 Å². The van der Waals surface area contributed by atoms with Crippen molar-refractivity contribution < 1.29 is 0 Å². The molecule has 0 N–H and O–H groups in total. The molecule has 89 heavy (non-hydrogen) atoms. The molecule has 24 fully saturated rings. The summed E-state index contributed by atoms with van der Waals surface area (Å²) in [6, 6.07) is 0. The van der Waals surface area contributed by atoms with E-state index in [2.05, 4.69) is 93.2 Å². The number of allylic oxidation sites excluding steroid dienone is 16. The Morgan fingerprint density at radius 2 is 0.742 bits per heavy atom. The topological polar surface area (TPSA) is 0 Å². The molecule has 24 saturated carbocycles. The minimum Gasteiger partial charge on any atom is -0.0845 e. The predicted octanol–water partition coefficient (Wildman–Crippen LogP) is 18.0. The van der Waals surface area contributed by atoms with Crippen molar-refractivity contribution in [3.8, 4) is 0 Å². The van der Waals surface area contributed by atoms with Gasteiger partial charge in [0, 0.05) is 5.92 Å². The zero-order valence-corrected chi connectivity index (χ0v) is 54.4. The van der Waals surface area contributed by atoms with Crippen LogP contribution in [0.1, 0.15) is 124 Å². The smallest absolute Gasteiger partial charge is 0.00475 e. The largest absolute Gasteiger partial charge is 0.0845 e. The van der Waals surface area contributed by atoms with Crippen LogP contribution in [0, 0.1) is 320 Å². The van der Waals surface area contributed by atoms with Gasteiger partial charge >= 0.3 is 0 Å². The molecule has 0 aromatic rings. The maximum Gasteiger partial charge on any atom is 0.00475 e. The van der Waals surface area contributed by atoms with Gasteiger partial charge in [-0.05, 0) is 410 Å². The fourth-order valence-corrected chi connectivity index (χ4v) is 45.6. The SMILES string of the molecule is C1=C2CC3CCC4=CC5CC=C6CC7CC8CC9=CC%10CCC1C1=C%11C2C2C3C4C3C5C6C4C7C5C8C9C(C1%10)C1C%11C2C3C4C15.C1=CC2C3CCC4C5CCC6C7CCC8C9C=CC%10C1C1C%11=C%12C%13C(C21)C3C4C1C5C6C2C7C8C(C%12C2C%131)C9C%11%10.CC.CC. The molecule has 0 bridgehead atoms. The maximum atomic E-state index is 3.07. The summed E-state index contributed by atoms with van der Waals surface area (Å²) in [4.78, 5) is 0. The van der Waals surface area contributed by atoms with E-state index in [0.29, 0.717) is 0 Å². The minimum absolute atomic E-state index is 0.863. The molecule has 460 valence electrons. The van der Waals surface area contributed by atoms with Crippen molar-refractivity contribution in [3.63, 3.8) is 0 Å². The van der Waals surface area contributed by atoms with Gasteiger partial charge in [0.25, 0.3) is 0 Å². The Kier molecular flexibility index (Phi) is 7.76. The summed E-state index contributed by atoms with van der Waals surface area (Å²) in [6.07, 6.45) is 47.7. The van der Waals surface area contributed by atoms with Gasteiger partial charge in [-0.25, -0.2) is 0 Å². The summed E-state index contributed by atoms with van der Waals surface area (Å²) < 4.78 is 0. The summed E-state index contributed by atoms with van der Waals surface area (Å²) in [5, 5.41) is 0. The Morgan fingerprint density at radius 1 is 0.270 bits per heavy atom. The lowest BCUT2D eigenvalue weighted by molar-refractivity contribution is -0.216. The van der Waals surface area contributed by atoms with Gasteiger partial charge in [-0.15, -0.1) is 0 Å². The summed E-state index contributed by atoms with van der Waals surface area (Å²) in [5.41, 5.74) is 17.4. The Morgan fingerprint density at radius 3 is 1.44 bits per heavy atom. The Balaban J connectivity index is 0.0000000964. The second-order valence-electron chi connectivity index (χ2n) is 41.4. The number of hydrogen-bond acceptors (Lipinski definition) is 0. The van der Waals surface area contributed by atoms with Gasteiger partial charge < -0.3 is 0 Å². The number of hydrogen-bond donors (Lipinski definition) is 0. The fourth-order valence-electron chi connectivity index (χ4n) is 45.6. The highest BCUT2D eigenvalue weighted by molar-refractivity contribution is 5.56. The molecule has 0 aromatic carbocycles. The number of rotatable bonds is 0. The molecule has 33 rings (SSSR count). The Hall–Kier alpha value is -2.08. The second-order valence-corrected chi connectivity index (χ2v) is 41.4. The summed E-state index contributed by atoms with van der Waals surface area (Å²) in [5.74, 6) is 58.8. The zero-order valence-electron chi connectivity index (χ0n) is 54.4. The highest BCUT2D eigenvalue weighted by atomic mass is 14.9. The average molecular weight is 1170 g/mol. The molecule has 0 spiro atoms. The third kappa shape index (κ3) is 4.24. The van der Waals surface area contributed by atoms with Crippen LogP contribution < -0.4 is 0 Å². The maximum absolute atomic E-state index is 3.07. The van der Waals surface area contributed by atoms with Gasteiger partial charge in [0.1, 0.15) is 0 Å². The van der Waals surface area contributed by atoms with E-state index in [1.54, 1.807) is 64.2 Å². The minimum atomic E-state index is 0.863. The van der Waals surface area contributed by atoms with E-state index < -0.39 is 0 Å². The van der Waals surface area contributed by atoms with Gasteiger partial charge in [0.15, 0.2) is 0 Å². The molecular formula is C89H104. The third-order valence-corrected chi connectivity index (χ3v) is 43.3. The van der Waals surface area contributed by atoms with E-state index in [0.717, 1.165) is 249 Å². The van der Waals surface area contributed by atoms with Crippen molar-refractivity contribution in [2.75, 3.05) is 0 Å². The monoisotopic (exact) mass is 1170 g/mol. The van der Waals surface area contributed by atoms with E-state index in [4.69, 9.17) is 0 Å².